The van der Waals surface area contributed by atoms with Crippen LogP contribution in [0.5, 0.6) is 0 Å². The van der Waals surface area contributed by atoms with E-state index in [2.05, 4.69) is 21.8 Å². The molecule has 1 fully saturated rings. The van der Waals surface area contributed by atoms with Gasteiger partial charge in [-0.1, -0.05) is 6.92 Å². The number of aromatic nitrogens is 2. The Morgan fingerprint density at radius 3 is 2.50 bits per heavy atom. The first-order valence-corrected chi connectivity index (χ1v) is 4.95. The molecule has 1 aromatic rings. The first-order chi connectivity index (χ1) is 6.63. The van der Waals surface area contributed by atoms with Gasteiger partial charge in [-0.05, 0) is 18.9 Å². The molecule has 1 aliphatic heterocycles. The van der Waals surface area contributed by atoms with Gasteiger partial charge in [-0.3, -0.25) is 0 Å². The summed E-state index contributed by atoms with van der Waals surface area (Å²) in [4.78, 5) is 10.6. The molecular weight excluding hydrogens is 176 g/mol. The normalized spacial score (nSPS) is 19.2. The Hall–Kier alpha value is -1.16. The summed E-state index contributed by atoms with van der Waals surface area (Å²) in [7, 11) is 0. The molecule has 76 valence electrons. The summed E-state index contributed by atoms with van der Waals surface area (Å²) in [6, 6.07) is 0. The summed E-state index contributed by atoms with van der Waals surface area (Å²) < 4.78 is 0. The van der Waals surface area contributed by atoms with Crippen LogP contribution in [0.15, 0.2) is 12.4 Å². The minimum absolute atomic E-state index is 0.0196. The van der Waals surface area contributed by atoms with E-state index in [1.54, 1.807) is 0 Å². The molecule has 0 aliphatic carbocycles. The summed E-state index contributed by atoms with van der Waals surface area (Å²) in [6.45, 7) is 5.84. The monoisotopic (exact) mass is 192 g/mol. The van der Waals surface area contributed by atoms with Crippen LogP contribution in [0, 0.1) is 6.92 Å². The molecule has 2 heterocycles. The Kier molecular flexibility index (Phi) is 2.15. The molecule has 4 nitrogen and oxygen atoms in total. The number of nitrogens with zero attached hydrogens (tertiary/aromatic N) is 3. The second-order valence-electron chi connectivity index (χ2n) is 4.13. The molecule has 1 aliphatic rings. The van der Waals surface area contributed by atoms with Crippen molar-refractivity contribution in [2.75, 3.05) is 18.0 Å². The lowest BCUT2D eigenvalue weighted by Gasteiger charge is -2.47. The van der Waals surface area contributed by atoms with Crippen LogP contribution in [-0.2, 0) is 0 Å². The van der Waals surface area contributed by atoms with Gasteiger partial charge >= 0.3 is 0 Å². The quantitative estimate of drug-likeness (QED) is 0.750. The summed E-state index contributed by atoms with van der Waals surface area (Å²) in [5.74, 6) is 0.796. The zero-order valence-electron chi connectivity index (χ0n) is 8.70. The van der Waals surface area contributed by atoms with Crippen molar-refractivity contribution in [2.45, 2.75) is 25.8 Å². The number of hydrogen-bond acceptors (Lipinski definition) is 4. The van der Waals surface area contributed by atoms with Crippen molar-refractivity contribution in [1.29, 1.82) is 0 Å². The van der Waals surface area contributed by atoms with E-state index in [-0.39, 0.29) is 5.54 Å². The predicted molar refractivity (Wildman–Crippen MR) is 56.2 cm³/mol. The van der Waals surface area contributed by atoms with E-state index in [9.17, 15) is 0 Å². The molecule has 1 aromatic heterocycles. The Labute approximate surface area is 84.2 Å². The van der Waals surface area contributed by atoms with Crippen LogP contribution in [0.1, 0.15) is 18.9 Å². The van der Waals surface area contributed by atoms with Crippen LogP contribution in [0.25, 0.3) is 0 Å². The first-order valence-electron chi connectivity index (χ1n) is 4.95. The minimum Gasteiger partial charge on any atom is -0.337 e. The molecule has 0 bridgehead atoms. The molecule has 14 heavy (non-hydrogen) atoms. The number of aryl methyl sites for hydroxylation is 1. The summed E-state index contributed by atoms with van der Waals surface area (Å²) in [6.07, 6.45) is 4.69. The highest BCUT2D eigenvalue weighted by Crippen LogP contribution is 2.24. The number of rotatable bonds is 2. The lowest BCUT2D eigenvalue weighted by Crippen LogP contribution is -2.67. The van der Waals surface area contributed by atoms with E-state index >= 15 is 0 Å². The maximum atomic E-state index is 6.06. The lowest BCUT2D eigenvalue weighted by atomic mass is 9.89. The third kappa shape index (κ3) is 1.57. The highest BCUT2D eigenvalue weighted by Gasteiger charge is 2.38. The lowest BCUT2D eigenvalue weighted by molar-refractivity contribution is 0.318. The fraction of sp³-hybridized carbons (Fsp3) is 0.600. The Morgan fingerprint density at radius 1 is 1.43 bits per heavy atom. The summed E-state index contributed by atoms with van der Waals surface area (Å²) in [5.41, 5.74) is 7.13. The van der Waals surface area contributed by atoms with Crippen LogP contribution in [0.4, 0.5) is 5.95 Å². The van der Waals surface area contributed by atoms with Gasteiger partial charge in [0.15, 0.2) is 0 Å². The van der Waals surface area contributed by atoms with Crippen LogP contribution in [-0.4, -0.2) is 28.6 Å². The molecule has 2 N–H and O–H groups in total. The fourth-order valence-corrected chi connectivity index (χ4v) is 1.63. The standard InChI is InChI=1S/C10H16N4/c1-3-10(11)6-14(7-10)9-12-4-8(2)5-13-9/h4-5H,3,6-7,11H2,1-2H3. The van der Waals surface area contributed by atoms with Gasteiger partial charge in [-0.25, -0.2) is 9.97 Å². The van der Waals surface area contributed by atoms with Crippen molar-refractivity contribution < 1.29 is 0 Å². The van der Waals surface area contributed by atoms with Gasteiger partial charge in [-0.2, -0.15) is 0 Å². The number of anilines is 1. The van der Waals surface area contributed by atoms with Gasteiger partial charge in [0.05, 0.1) is 5.54 Å². The van der Waals surface area contributed by atoms with E-state index in [1.165, 1.54) is 0 Å². The molecular formula is C10H16N4. The van der Waals surface area contributed by atoms with Crippen molar-refractivity contribution in [3.63, 3.8) is 0 Å². The first kappa shape index (κ1) is 9.40. The Morgan fingerprint density at radius 2 is 2.00 bits per heavy atom. The van der Waals surface area contributed by atoms with Crippen LogP contribution in [0.2, 0.25) is 0 Å². The molecule has 4 heteroatoms. The van der Waals surface area contributed by atoms with Gasteiger partial charge in [0, 0.05) is 25.5 Å². The number of nitrogens with two attached hydrogens (primary N) is 1. The van der Waals surface area contributed by atoms with E-state index in [0.29, 0.717) is 0 Å². The van der Waals surface area contributed by atoms with Crippen molar-refractivity contribution in [3.8, 4) is 0 Å². The smallest absolute Gasteiger partial charge is 0.225 e. The maximum absolute atomic E-state index is 6.06. The Balaban J connectivity index is 2.03. The van der Waals surface area contributed by atoms with Crippen molar-refractivity contribution >= 4 is 5.95 Å². The molecule has 1 saturated heterocycles. The summed E-state index contributed by atoms with van der Waals surface area (Å²) >= 11 is 0. The fourth-order valence-electron chi connectivity index (χ4n) is 1.63. The second kappa shape index (κ2) is 3.20. The Bertz CT molecular complexity index is 313. The van der Waals surface area contributed by atoms with Gasteiger partial charge in [-0.15, -0.1) is 0 Å². The van der Waals surface area contributed by atoms with E-state index in [4.69, 9.17) is 5.73 Å². The molecule has 0 spiro atoms. The van der Waals surface area contributed by atoms with Gasteiger partial charge in [0.2, 0.25) is 5.95 Å². The zero-order valence-corrected chi connectivity index (χ0v) is 8.70. The van der Waals surface area contributed by atoms with Gasteiger partial charge < -0.3 is 10.6 Å². The third-order valence-corrected chi connectivity index (χ3v) is 2.77. The average Bonchev–Trinajstić information content (AvgIpc) is 2.15. The zero-order chi connectivity index (χ0) is 10.2. The van der Waals surface area contributed by atoms with Gasteiger partial charge in [0.1, 0.15) is 0 Å². The molecule has 0 unspecified atom stereocenters. The average molecular weight is 192 g/mol. The third-order valence-electron chi connectivity index (χ3n) is 2.77. The number of hydrogen-bond donors (Lipinski definition) is 1. The van der Waals surface area contributed by atoms with Crippen LogP contribution >= 0.6 is 0 Å². The highest BCUT2D eigenvalue weighted by molar-refractivity contribution is 5.37. The van der Waals surface area contributed by atoms with E-state index in [1.807, 2.05) is 19.3 Å². The van der Waals surface area contributed by atoms with E-state index in [0.717, 1.165) is 31.0 Å². The van der Waals surface area contributed by atoms with Crippen LogP contribution < -0.4 is 10.6 Å². The molecule has 0 amide bonds. The molecule has 2 rings (SSSR count). The molecule has 0 radical (unpaired) electrons. The SMILES string of the molecule is CCC1(N)CN(c2ncc(C)cn2)C1. The minimum atomic E-state index is -0.0196. The van der Waals surface area contributed by atoms with Crippen LogP contribution in [0.3, 0.4) is 0 Å². The summed E-state index contributed by atoms with van der Waals surface area (Å²) in [5, 5.41) is 0. The van der Waals surface area contributed by atoms with Crippen molar-refractivity contribution in [2.24, 2.45) is 5.73 Å². The van der Waals surface area contributed by atoms with Crippen molar-refractivity contribution in [1.82, 2.24) is 9.97 Å². The molecule has 0 aromatic carbocycles. The largest absolute Gasteiger partial charge is 0.337 e. The second-order valence-corrected chi connectivity index (χ2v) is 4.13. The topological polar surface area (TPSA) is 55.0 Å². The maximum Gasteiger partial charge on any atom is 0.225 e. The van der Waals surface area contributed by atoms with Gasteiger partial charge in [0.25, 0.3) is 0 Å². The predicted octanol–water partition coefficient (Wildman–Crippen LogP) is 0.713. The van der Waals surface area contributed by atoms with Crippen molar-refractivity contribution in [3.05, 3.63) is 18.0 Å². The molecule has 0 atom stereocenters. The highest BCUT2D eigenvalue weighted by atomic mass is 15.3. The van der Waals surface area contributed by atoms with E-state index < -0.39 is 0 Å². The molecule has 0 saturated carbocycles.